The van der Waals surface area contributed by atoms with Crippen LogP contribution in [0.5, 0.6) is 0 Å². The molecule has 2 heterocycles. The minimum atomic E-state index is -0.807. The van der Waals surface area contributed by atoms with Crippen molar-refractivity contribution in [3.05, 3.63) is 30.1 Å². The summed E-state index contributed by atoms with van der Waals surface area (Å²) in [5, 5.41) is 10.2. The molecule has 1 aromatic rings. The van der Waals surface area contributed by atoms with Crippen molar-refractivity contribution in [3.63, 3.8) is 0 Å². The molecular formula is C18H27N2O+. The van der Waals surface area contributed by atoms with Gasteiger partial charge in [-0.05, 0) is 37.7 Å². The van der Waals surface area contributed by atoms with E-state index in [1.54, 1.807) is 0 Å². The number of hydrogen-bond donors (Lipinski definition) is 2. The highest BCUT2D eigenvalue weighted by molar-refractivity contribution is 5.14. The molecule has 114 valence electrons. The molecule has 1 fully saturated rings. The molecule has 1 saturated heterocycles. The third-order valence-electron chi connectivity index (χ3n) is 4.63. The summed E-state index contributed by atoms with van der Waals surface area (Å²) in [4.78, 5) is 5.76. The number of likely N-dealkylation sites (tertiary alicyclic amines) is 1. The number of piperidine rings is 1. The topological polar surface area (TPSA) is 37.6 Å². The van der Waals surface area contributed by atoms with Gasteiger partial charge < -0.3 is 10.0 Å². The Kier molecular flexibility index (Phi) is 5.78. The first-order valence-corrected chi connectivity index (χ1v) is 8.15. The predicted octanol–water partition coefficient (Wildman–Crippen LogP) is 1.75. The van der Waals surface area contributed by atoms with E-state index in [4.69, 9.17) is 0 Å². The van der Waals surface area contributed by atoms with Gasteiger partial charge in [0, 0.05) is 24.4 Å². The number of hydrogen-bond acceptors (Lipinski definition) is 2. The maximum absolute atomic E-state index is 10.2. The molecule has 2 rings (SSSR count). The average molecular weight is 287 g/mol. The number of nitrogens with one attached hydrogen (secondary N) is 1. The molecule has 1 aromatic heterocycles. The van der Waals surface area contributed by atoms with Crippen molar-refractivity contribution in [2.24, 2.45) is 0 Å². The lowest BCUT2D eigenvalue weighted by Crippen LogP contribution is -3.13. The van der Waals surface area contributed by atoms with Crippen molar-refractivity contribution in [1.29, 1.82) is 0 Å². The van der Waals surface area contributed by atoms with Crippen LogP contribution in [0.15, 0.2) is 24.5 Å². The molecule has 1 aliphatic heterocycles. The van der Waals surface area contributed by atoms with Crippen LogP contribution < -0.4 is 4.90 Å². The average Bonchev–Trinajstić information content (AvgIpc) is 2.56. The highest BCUT2D eigenvalue weighted by atomic mass is 16.3. The van der Waals surface area contributed by atoms with Gasteiger partial charge in [-0.1, -0.05) is 25.8 Å². The van der Waals surface area contributed by atoms with Gasteiger partial charge in [0.15, 0.2) is 0 Å². The van der Waals surface area contributed by atoms with Crippen molar-refractivity contribution in [2.45, 2.75) is 57.6 Å². The zero-order valence-electron chi connectivity index (χ0n) is 13.2. The maximum Gasteiger partial charge on any atom is 0.139 e. The Morgan fingerprint density at radius 3 is 2.86 bits per heavy atom. The zero-order valence-corrected chi connectivity index (χ0v) is 13.2. The fraction of sp³-hybridized carbons (Fsp3) is 0.611. The number of pyridine rings is 1. The summed E-state index contributed by atoms with van der Waals surface area (Å²) in [5.74, 6) is 6.32. The minimum absolute atomic E-state index is 0.498. The van der Waals surface area contributed by atoms with Gasteiger partial charge in [-0.25, -0.2) is 0 Å². The van der Waals surface area contributed by atoms with Crippen molar-refractivity contribution in [1.82, 2.24) is 4.98 Å². The summed E-state index contributed by atoms with van der Waals surface area (Å²) < 4.78 is 0. The van der Waals surface area contributed by atoms with Crippen LogP contribution in [0.2, 0.25) is 0 Å². The Bertz CT molecular complexity index is 485. The monoisotopic (exact) mass is 287 g/mol. The molecule has 1 aliphatic rings. The third kappa shape index (κ3) is 4.30. The summed E-state index contributed by atoms with van der Waals surface area (Å²) in [5.41, 5.74) is 0.509. The third-order valence-corrected chi connectivity index (χ3v) is 4.63. The molecule has 0 bridgehead atoms. The van der Waals surface area contributed by atoms with Crippen molar-refractivity contribution >= 4 is 0 Å². The van der Waals surface area contributed by atoms with Gasteiger partial charge in [0.05, 0.1) is 6.54 Å². The Morgan fingerprint density at radius 2 is 2.19 bits per heavy atom. The van der Waals surface area contributed by atoms with E-state index in [0.29, 0.717) is 18.9 Å². The van der Waals surface area contributed by atoms with Crippen LogP contribution in [0.25, 0.3) is 0 Å². The largest absolute Gasteiger partial charge is 0.378 e. The fourth-order valence-corrected chi connectivity index (χ4v) is 3.02. The molecule has 0 amide bonds. The summed E-state index contributed by atoms with van der Waals surface area (Å²) in [6.45, 7) is 5.95. The molecule has 0 saturated carbocycles. The summed E-state index contributed by atoms with van der Waals surface area (Å²) >= 11 is 0. The lowest BCUT2D eigenvalue weighted by molar-refractivity contribution is -0.930. The molecule has 0 spiro atoms. The molecule has 21 heavy (non-hydrogen) atoms. The van der Waals surface area contributed by atoms with Crippen molar-refractivity contribution < 1.29 is 10.0 Å². The van der Waals surface area contributed by atoms with Crippen molar-refractivity contribution in [2.75, 3.05) is 13.1 Å². The second kappa shape index (κ2) is 7.59. The lowest BCUT2D eigenvalue weighted by atomic mass is 9.96. The molecule has 0 aromatic carbocycles. The second-order valence-corrected chi connectivity index (χ2v) is 5.96. The molecule has 3 heteroatoms. The van der Waals surface area contributed by atoms with Crippen LogP contribution in [-0.2, 0) is 0 Å². The smallest absolute Gasteiger partial charge is 0.139 e. The van der Waals surface area contributed by atoms with Crippen LogP contribution in [0.4, 0.5) is 0 Å². The van der Waals surface area contributed by atoms with E-state index in [2.05, 4.69) is 22.9 Å². The van der Waals surface area contributed by atoms with Gasteiger partial charge >= 0.3 is 0 Å². The summed E-state index contributed by atoms with van der Waals surface area (Å²) in [7, 11) is 0. The fourth-order valence-electron chi connectivity index (χ4n) is 3.02. The van der Waals surface area contributed by atoms with Gasteiger partial charge in [0.25, 0.3) is 0 Å². The van der Waals surface area contributed by atoms with E-state index in [-0.39, 0.29) is 0 Å². The van der Waals surface area contributed by atoms with E-state index >= 15 is 0 Å². The number of nitrogens with zero attached hydrogens (tertiary/aromatic N) is 1. The minimum Gasteiger partial charge on any atom is -0.378 e. The van der Waals surface area contributed by atoms with Gasteiger partial charge in [-0.15, -0.1) is 0 Å². The SMILES string of the molecule is CCC(O)(C#CC[NH+]1CCCC[C@H]1c1cccnc1)CC. The van der Waals surface area contributed by atoms with E-state index < -0.39 is 5.60 Å². The van der Waals surface area contributed by atoms with Crippen LogP contribution in [0, 0.1) is 11.8 Å². The first-order valence-electron chi connectivity index (χ1n) is 8.15. The summed E-state index contributed by atoms with van der Waals surface area (Å²) in [6, 6.07) is 4.68. The van der Waals surface area contributed by atoms with Gasteiger partial charge in [0.2, 0.25) is 0 Å². The number of rotatable bonds is 4. The van der Waals surface area contributed by atoms with Crippen molar-refractivity contribution in [3.8, 4) is 11.8 Å². The molecule has 2 N–H and O–H groups in total. The van der Waals surface area contributed by atoms with E-state index in [1.807, 2.05) is 32.3 Å². The molecule has 1 unspecified atom stereocenters. The van der Waals surface area contributed by atoms with Crippen LogP contribution in [0.3, 0.4) is 0 Å². The number of quaternary nitrogens is 1. The Labute approximate surface area is 128 Å². The molecule has 3 nitrogen and oxygen atoms in total. The zero-order chi connectivity index (χ0) is 15.1. The molecule has 0 radical (unpaired) electrons. The highest BCUT2D eigenvalue weighted by Gasteiger charge is 2.27. The van der Waals surface area contributed by atoms with Crippen LogP contribution in [0.1, 0.15) is 57.6 Å². The first kappa shape index (κ1) is 16.0. The number of aliphatic hydroxyl groups is 1. The summed E-state index contributed by atoms with van der Waals surface area (Å²) in [6.07, 6.45) is 8.94. The second-order valence-electron chi connectivity index (χ2n) is 5.96. The Hall–Kier alpha value is -1.37. The van der Waals surface area contributed by atoms with E-state index in [0.717, 1.165) is 13.1 Å². The van der Waals surface area contributed by atoms with E-state index in [1.165, 1.54) is 29.7 Å². The normalized spacial score (nSPS) is 22.4. The van der Waals surface area contributed by atoms with Gasteiger partial charge in [-0.3, -0.25) is 4.98 Å². The molecule has 0 aliphatic carbocycles. The standard InChI is InChI=1S/C18H26N2O/c1-3-18(21,4-2)11-8-14-20-13-6-5-10-17(20)16-9-7-12-19-15-16/h7,9,12,15,17,21H,3-6,10,13-14H2,1-2H3/p+1/t17-/m0/s1. The van der Waals surface area contributed by atoms with Gasteiger partial charge in [-0.2, -0.15) is 0 Å². The van der Waals surface area contributed by atoms with E-state index in [9.17, 15) is 5.11 Å². The quantitative estimate of drug-likeness (QED) is 0.828. The van der Waals surface area contributed by atoms with Gasteiger partial charge in [0.1, 0.15) is 18.2 Å². The van der Waals surface area contributed by atoms with Crippen LogP contribution >= 0.6 is 0 Å². The predicted molar refractivity (Wildman–Crippen MR) is 84.8 cm³/mol. The Balaban J connectivity index is 2.05. The number of aromatic nitrogens is 1. The maximum atomic E-state index is 10.2. The molecular weight excluding hydrogens is 260 g/mol. The molecule has 2 atom stereocenters. The lowest BCUT2D eigenvalue weighted by Gasteiger charge is -2.31. The Morgan fingerprint density at radius 1 is 1.38 bits per heavy atom. The highest BCUT2D eigenvalue weighted by Crippen LogP contribution is 2.18. The van der Waals surface area contributed by atoms with Crippen LogP contribution in [-0.4, -0.2) is 28.8 Å². The first-order chi connectivity index (χ1) is 10.2.